The van der Waals surface area contributed by atoms with Crippen LogP contribution in [0.15, 0.2) is 18.2 Å². The van der Waals surface area contributed by atoms with E-state index in [1.807, 2.05) is 0 Å². The molecule has 1 saturated heterocycles. The molecule has 1 aliphatic heterocycles. The summed E-state index contributed by atoms with van der Waals surface area (Å²) in [4.78, 5) is 0. The molecule has 0 unspecified atom stereocenters. The average molecular weight is 211 g/mol. The van der Waals surface area contributed by atoms with E-state index in [4.69, 9.17) is 5.11 Å². The molecule has 0 saturated carbocycles. The topological polar surface area (TPSA) is 93.0 Å². The Balaban J connectivity index is 2.30. The summed E-state index contributed by atoms with van der Waals surface area (Å²) in [5, 5.41) is 40.5. The molecule has 0 amide bonds. The Morgan fingerprint density at radius 1 is 1.20 bits per heavy atom. The Bertz CT molecular complexity index is 368. The smallest absolute Gasteiger partial charge is 0.124 e. The van der Waals surface area contributed by atoms with Gasteiger partial charge in [-0.25, -0.2) is 0 Å². The second kappa shape index (κ2) is 3.69. The molecule has 1 aliphatic rings. The third-order valence-electron chi connectivity index (χ3n) is 2.63. The molecule has 82 valence electrons. The molecule has 0 radical (unpaired) electrons. The summed E-state index contributed by atoms with van der Waals surface area (Å²) in [6.07, 6.45) is -1.77. The van der Waals surface area contributed by atoms with Crippen molar-refractivity contribution in [1.29, 1.82) is 0 Å². The first-order chi connectivity index (χ1) is 7.09. The minimum absolute atomic E-state index is 0.0377. The van der Waals surface area contributed by atoms with Crippen LogP contribution >= 0.6 is 0 Å². The fourth-order valence-corrected chi connectivity index (χ4v) is 1.80. The first-order valence-corrected chi connectivity index (χ1v) is 4.71. The van der Waals surface area contributed by atoms with Gasteiger partial charge in [0, 0.05) is 18.2 Å². The first-order valence-electron chi connectivity index (χ1n) is 4.71. The third-order valence-corrected chi connectivity index (χ3v) is 2.63. The lowest BCUT2D eigenvalue weighted by atomic mass is 10.0. The predicted octanol–water partition coefficient (Wildman–Crippen LogP) is -0.536. The normalized spacial score (nSPS) is 30.7. The molecule has 5 N–H and O–H groups in total. The van der Waals surface area contributed by atoms with Gasteiger partial charge >= 0.3 is 0 Å². The second-order valence-corrected chi connectivity index (χ2v) is 3.69. The fraction of sp³-hybridized carbons (Fsp3) is 0.400. The molecule has 5 nitrogen and oxygen atoms in total. The van der Waals surface area contributed by atoms with Crippen molar-refractivity contribution in [2.45, 2.75) is 18.2 Å². The van der Waals surface area contributed by atoms with Crippen LogP contribution in [0.3, 0.4) is 0 Å². The van der Waals surface area contributed by atoms with Crippen LogP contribution in [0.4, 0.5) is 0 Å². The van der Waals surface area contributed by atoms with Crippen LogP contribution in [0.1, 0.15) is 11.6 Å². The van der Waals surface area contributed by atoms with Gasteiger partial charge in [0.15, 0.2) is 0 Å². The zero-order valence-corrected chi connectivity index (χ0v) is 7.96. The molecule has 15 heavy (non-hydrogen) atoms. The van der Waals surface area contributed by atoms with Crippen molar-refractivity contribution >= 4 is 0 Å². The molecule has 0 spiro atoms. The van der Waals surface area contributed by atoms with Gasteiger partial charge in [0.2, 0.25) is 0 Å². The van der Waals surface area contributed by atoms with Crippen LogP contribution in [0, 0.1) is 0 Å². The van der Waals surface area contributed by atoms with E-state index in [9.17, 15) is 15.3 Å². The average Bonchev–Trinajstić information content (AvgIpc) is 2.49. The van der Waals surface area contributed by atoms with E-state index in [1.165, 1.54) is 18.2 Å². The molecular weight excluding hydrogens is 198 g/mol. The minimum atomic E-state index is -0.944. The van der Waals surface area contributed by atoms with Gasteiger partial charge in [0.05, 0.1) is 12.1 Å². The molecule has 2 rings (SSSR count). The fourth-order valence-electron chi connectivity index (χ4n) is 1.80. The Labute approximate surface area is 86.6 Å². The largest absolute Gasteiger partial charge is 0.508 e. The van der Waals surface area contributed by atoms with E-state index < -0.39 is 18.2 Å². The summed E-state index contributed by atoms with van der Waals surface area (Å²) in [5.74, 6) is -0.134. The van der Waals surface area contributed by atoms with Gasteiger partial charge in [-0.05, 0) is 12.1 Å². The van der Waals surface area contributed by atoms with Gasteiger partial charge in [-0.2, -0.15) is 0 Å². The van der Waals surface area contributed by atoms with E-state index in [1.54, 1.807) is 0 Å². The molecular formula is C10H13NO4. The first kappa shape index (κ1) is 10.2. The Hall–Kier alpha value is -1.30. The summed E-state index contributed by atoms with van der Waals surface area (Å²) >= 11 is 0. The highest BCUT2D eigenvalue weighted by molar-refractivity contribution is 5.41. The van der Waals surface area contributed by atoms with Crippen molar-refractivity contribution < 1.29 is 20.4 Å². The number of nitrogens with one attached hydrogen (secondary N) is 1. The van der Waals surface area contributed by atoms with Gasteiger partial charge in [0.1, 0.15) is 17.6 Å². The summed E-state index contributed by atoms with van der Waals surface area (Å²) in [7, 11) is 0. The number of phenols is 2. The quantitative estimate of drug-likeness (QED) is 0.430. The highest BCUT2D eigenvalue weighted by atomic mass is 16.3. The molecule has 0 aromatic heterocycles. The molecule has 5 heteroatoms. The number of rotatable bonds is 1. The summed E-state index contributed by atoms with van der Waals surface area (Å²) in [6.45, 7) is 0.284. The molecule has 3 atom stereocenters. The van der Waals surface area contributed by atoms with Crippen molar-refractivity contribution in [1.82, 2.24) is 5.32 Å². The maximum absolute atomic E-state index is 9.62. The Kier molecular flexibility index (Phi) is 2.52. The number of phenolic OH excluding ortho intramolecular Hbond substituents is 2. The van der Waals surface area contributed by atoms with Crippen LogP contribution in [0.2, 0.25) is 0 Å². The third kappa shape index (κ3) is 1.77. The van der Waals surface area contributed by atoms with Gasteiger partial charge in [-0.1, -0.05) is 0 Å². The van der Waals surface area contributed by atoms with Crippen molar-refractivity contribution in [3.05, 3.63) is 23.8 Å². The van der Waals surface area contributed by atoms with Crippen LogP contribution in [0.25, 0.3) is 0 Å². The van der Waals surface area contributed by atoms with Crippen LogP contribution in [0.5, 0.6) is 11.5 Å². The molecule has 0 aliphatic carbocycles. The van der Waals surface area contributed by atoms with Crippen LogP contribution in [-0.4, -0.2) is 39.2 Å². The summed E-state index contributed by atoms with van der Waals surface area (Å²) in [6, 6.07) is 3.65. The van der Waals surface area contributed by atoms with Crippen molar-refractivity contribution in [3.63, 3.8) is 0 Å². The summed E-state index contributed by atoms with van der Waals surface area (Å²) < 4.78 is 0. The number of aliphatic hydroxyl groups excluding tert-OH is 2. The highest BCUT2D eigenvalue weighted by Gasteiger charge is 2.35. The van der Waals surface area contributed by atoms with E-state index in [0.717, 1.165) is 0 Å². The van der Waals surface area contributed by atoms with E-state index in [-0.39, 0.29) is 18.0 Å². The van der Waals surface area contributed by atoms with E-state index in [0.29, 0.717) is 5.56 Å². The van der Waals surface area contributed by atoms with Crippen molar-refractivity contribution in [2.75, 3.05) is 6.54 Å². The summed E-state index contributed by atoms with van der Waals surface area (Å²) in [5.41, 5.74) is 0.469. The van der Waals surface area contributed by atoms with Crippen molar-refractivity contribution in [2.24, 2.45) is 0 Å². The standard InChI is InChI=1S/C10H13NO4/c12-5-1-2-6(7(13)3-5)9-10(15)8(14)4-11-9/h1-3,8-15H,4H2/t8-,9+,10+/m0/s1. The number of aliphatic hydroxyl groups is 2. The molecule has 1 fully saturated rings. The number of hydrogen-bond acceptors (Lipinski definition) is 5. The highest BCUT2D eigenvalue weighted by Crippen LogP contribution is 2.32. The van der Waals surface area contributed by atoms with Gasteiger partial charge in [-0.3, -0.25) is 0 Å². The van der Waals surface area contributed by atoms with Crippen LogP contribution < -0.4 is 5.32 Å². The number of benzene rings is 1. The minimum Gasteiger partial charge on any atom is -0.508 e. The van der Waals surface area contributed by atoms with Crippen LogP contribution in [-0.2, 0) is 0 Å². The predicted molar refractivity (Wildman–Crippen MR) is 52.5 cm³/mol. The number of aromatic hydroxyl groups is 2. The molecule has 0 bridgehead atoms. The molecule has 1 aromatic rings. The van der Waals surface area contributed by atoms with Crippen molar-refractivity contribution in [3.8, 4) is 11.5 Å². The zero-order chi connectivity index (χ0) is 11.0. The monoisotopic (exact) mass is 211 g/mol. The molecule has 1 heterocycles. The Morgan fingerprint density at radius 2 is 1.93 bits per heavy atom. The van der Waals surface area contributed by atoms with Gasteiger partial charge < -0.3 is 25.7 Å². The number of β-amino-alcohol motifs (C(OH)–C–C–N with tert-alkyl or cyclic N) is 1. The van der Waals surface area contributed by atoms with E-state index in [2.05, 4.69) is 5.32 Å². The maximum atomic E-state index is 9.62. The van der Waals surface area contributed by atoms with Gasteiger partial charge in [0.25, 0.3) is 0 Å². The Morgan fingerprint density at radius 3 is 2.47 bits per heavy atom. The lowest BCUT2D eigenvalue weighted by Gasteiger charge is -2.17. The van der Waals surface area contributed by atoms with E-state index >= 15 is 0 Å². The SMILES string of the molecule is Oc1ccc([C@H]2NC[C@H](O)[C@H]2O)c(O)c1. The molecule has 1 aromatic carbocycles. The lowest BCUT2D eigenvalue weighted by molar-refractivity contribution is 0.0401. The zero-order valence-electron chi connectivity index (χ0n) is 7.96. The van der Waals surface area contributed by atoms with Gasteiger partial charge in [-0.15, -0.1) is 0 Å². The second-order valence-electron chi connectivity index (χ2n) is 3.69. The number of hydrogen-bond donors (Lipinski definition) is 5. The lowest BCUT2D eigenvalue weighted by Crippen LogP contribution is -2.25. The maximum Gasteiger partial charge on any atom is 0.124 e.